The molecule has 5 nitrogen and oxygen atoms in total. The zero-order chi connectivity index (χ0) is 14.9. The van der Waals surface area contributed by atoms with E-state index in [0.717, 1.165) is 11.3 Å². The lowest BCUT2D eigenvalue weighted by atomic mass is 10.2. The molecule has 0 atom stereocenters. The molecule has 1 aromatic carbocycles. The molecule has 0 saturated carbocycles. The predicted octanol–water partition coefficient (Wildman–Crippen LogP) is 3.12. The molecule has 0 radical (unpaired) electrons. The van der Waals surface area contributed by atoms with Gasteiger partial charge in [-0.25, -0.2) is 4.39 Å². The van der Waals surface area contributed by atoms with Crippen molar-refractivity contribution >= 4 is 45.5 Å². The molecule has 0 unspecified atom stereocenters. The molecule has 114 valence electrons. The Morgan fingerprint density at radius 1 is 1.33 bits per heavy atom. The van der Waals surface area contributed by atoms with Crippen molar-refractivity contribution in [1.82, 2.24) is 0 Å². The van der Waals surface area contributed by atoms with Crippen LogP contribution in [-0.2, 0) is 10.1 Å². The van der Waals surface area contributed by atoms with E-state index in [9.17, 15) is 17.6 Å². The average molecular weight is 352 g/mol. The summed E-state index contributed by atoms with van der Waals surface area (Å²) >= 11 is 0.742. The molecule has 2 rings (SSSR count). The van der Waals surface area contributed by atoms with Crippen LogP contribution < -0.4 is 5.32 Å². The number of hydrogen-bond donors (Lipinski definition) is 2. The summed E-state index contributed by atoms with van der Waals surface area (Å²) in [5.41, 5.74) is 0.531. The second-order valence-corrected chi connectivity index (χ2v) is 6.55. The van der Waals surface area contributed by atoms with Crippen LogP contribution in [0.4, 0.5) is 10.1 Å². The van der Waals surface area contributed by atoms with E-state index >= 15 is 0 Å². The molecular weight excluding hydrogens is 341 g/mol. The molecule has 0 spiro atoms. The van der Waals surface area contributed by atoms with E-state index in [2.05, 4.69) is 5.32 Å². The highest BCUT2D eigenvalue weighted by molar-refractivity contribution is 7.88. The largest absolute Gasteiger partial charge is 0.322 e. The number of carbonyl (C=O) groups is 1. The fourth-order valence-electron chi connectivity index (χ4n) is 1.58. The van der Waals surface area contributed by atoms with Crippen molar-refractivity contribution in [3.05, 3.63) is 46.6 Å². The maximum atomic E-state index is 13.1. The summed E-state index contributed by atoms with van der Waals surface area (Å²) in [6, 6.07) is 5.27. The van der Waals surface area contributed by atoms with Crippen molar-refractivity contribution in [3.8, 4) is 0 Å². The summed E-state index contributed by atoms with van der Waals surface area (Å²) in [4.78, 5) is 12.0. The Bertz CT molecular complexity index is 773. The fourth-order valence-corrected chi connectivity index (χ4v) is 3.29. The average Bonchev–Trinajstić information content (AvgIpc) is 2.83. The normalized spacial score (nSPS) is 10.8. The van der Waals surface area contributed by atoms with Crippen LogP contribution >= 0.6 is 23.7 Å². The summed E-state index contributed by atoms with van der Waals surface area (Å²) in [7, 11) is -4.44. The van der Waals surface area contributed by atoms with E-state index in [1.807, 2.05) is 0 Å². The smallest absolute Gasteiger partial charge is 0.304 e. The lowest BCUT2D eigenvalue weighted by Crippen LogP contribution is -2.14. The Kier molecular flexibility index (Phi) is 5.46. The quantitative estimate of drug-likeness (QED) is 0.832. The third-order valence-electron chi connectivity index (χ3n) is 2.52. The van der Waals surface area contributed by atoms with Gasteiger partial charge in [0.25, 0.3) is 5.91 Å². The second-order valence-electron chi connectivity index (χ2n) is 4.01. The molecule has 0 aliphatic heterocycles. The maximum Gasteiger partial charge on any atom is 0.304 e. The summed E-state index contributed by atoms with van der Waals surface area (Å²) in [5.74, 6) is -1.10. The van der Waals surface area contributed by atoms with E-state index in [-0.39, 0.29) is 18.0 Å². The SMILES string of the molecule is Cc1cc(NC(=O)c2ccsc2S(=O)(=O)O)ccc1F.Cl. The molecule has 0 bridgehead atoms. The van der Waals surface area contributed by atoms with Gasteiger partial charge in [0, 0.05) is 5.69 Å². The molecule has 0 aliphatic carbocycles. The number of benzene rings is 1. The molecule has 0 aliphatic rings. The highest BCUT2D eigenvalue weighted by Gasteiger charge is 2.22. The fraction of sp³-hybridized carbons (Fsp3) is 0.0833. The van der Waals surface area contributed by atoms with Gasteiger partial charge in [0.15, 0.2) is 4.21 Å². The first kappa shape index (κ1) is 17.6. The molecule has 0 saturated heterocycles. The van der Waals surface area contributed by atoms with Crippen molar-refractivity contribution in [2.24, 2.45) is 0 Å². The van der Waals surface area contributed by atoms with E-state index in [0.29, 0.717) is 11.3 Å². The molecule has 2 N–H and O–H groups in total. The Balaban J connectivity index is 0.00000220. The van der Waals surface area contributed by atoms with E-state index in [1.54, 1.807) is 6.92 Å². The zero-order valence-electron chi connectivity index (χ0n) is 10.7. The molecule has 1 amide bonds. The third-order valence-corrected chi connectivity index (χ3v) is 4.84. The number of hydrogen-bond acceptors (Lipinski definition) is 4. The van der Waals surface area contributed by atoms with Gasteiger partial charge in [0.1, 0.15) is 5.82 Å². The number of halogens is 2. The van der Waals surface area contributed by atoms with Gasteiger partial charge in [-0.3, -0.25) is 9.35 Å². The minimum atomic E-state index is -4.44. The molecule has 9 heteroatoms. The van der Waals surface area contributed by atoms with Crippen LogP contribution in [0, 0.1) is 12.7 Å². The number of aryl methyl sites for hydroxylation is 1. The summed E-state index contributed by atoms with van der Waals surface area (Å²) < 4.78 is 43.9. The highest BCUT2D eigenvalue weighted by Crippen LogP contribution is 2.23. The third kappa shape index (κ3) is 4.01. The molecule has 0 fully saturated rings. The number of nitrogens with one attached hydrogen (secondary N) is 1. The van der Waals surface area contributed by atoms with Crippen molar-refractivity contribution in [2.45, 2.75) is 11.1 Å². The first-order valence-electron chi connectivity index (χ1n) is 5.41. The number of carbonyl (C=O) groups excluding carboxylic acids is 1. The zero-order valence-corrected chi connectivity index (χ0v) is 13.1. The van der Waals surface area contributed by atoms with Gasteiger partial charge in [-0.2, -0.15) is 8.42 Å². The lowest BCUT2D eigenvalue weighted by molar-refractivity contribution is 0.102. The molecule has 2 aromatic rings. The van der Waals surface area contributed by atoms with Gasteiger partial charge in [-0.05, 0) is 42.1 Å². The first-order valence-corrected chi connectivity index (χ1v) is 7.73. The van der Waals surface area contributed by atoms with Crippen LogP contribution in [0.25, 0.3) is 0 Å². The van der Waals surface area contributed by atoms with Crippen molar-refractivity contribution in [1.29, 1.82) is 0 Å². The van der Waals surface area contributed by atoms with Crippen LogP contribution in [0.5, 0.6) is 0 Å². The Hall–Kier alpha value is -1.48. The van der Waals surface area contributed by atoms with Crippen molar-refractivity contribution < 1.29 is 22.2 Å². The highest BCUT2D eigenvalue weighted by atomic mass is 35.5. The molecule has 1 heterocycles. The van der Waals surface area contributed by atoms with E-state index < -0.39 is 26.1 Å². The number of rotatable bonds is 3. The summed E-state index contributed by atoms with van der Waals surface area (Å²) in [6.45, 7) is 1.54. The standard InChI is InChI=1S/C12H10FNO4S2.ClH/c1-7-6-8(2-3-10(7)13)14-11(15)9-4-5-19-12(9)20(16,17)18;/h2-6H,1H3,(H,14,15)(H,16,17,18);1H. The first-order chi connectivity index (χ1) is 9.29. The minimum absolute atomic E-state index is 0. The van der Waals surface area contributed by atoms with Crippen LogP contribution in [0.3, 0.4) is 0 Å². The Labute approximate surface area is 131 Å². The van der Waals surface area contributed by atoms with E-state index in [4.69, 9.17) is 4.55 Å². The molecule has 1 aromatic heterocycles. The van der Waals surface area contributed by atoms with Gasteiger partial charge < -0.3 is 5.32 Å². The summed E-state index contributed by atoms with van der Waals surface area (Å²) in [6.07, 6.45) is 0. The van der Waals surface area contributed by atoms with Gasteiger partial charge in [-0.1, -0.05) is 0 Å². The minimum Gasteiger partial charge on any atom is -0.322 e. The summed E-state index contributed by atoms with van der Waals surface area (Å²) in [5, 5.41) is 3.83. The monoisotopic (exact) mass is 351 g/mol. The topological polar surface area (TPSA) is 83.5 Å². The maximum absolute atomic E-state index is 13.1. The van der Waals surface area contributed by atoms with Gasteiger partial charge >= 0.3 is 10.1 Å². The predicted molar refractivity (Wildman–Crippen MR) is 80.5 cm³/mol. The van der Waals surface area contributed by atoms with Crippen LogP contribution in [-0.4, -0.2) is 18.9 Å². The Morgan fingerprint density at radius 2 is 2.00 bits per heavy atom. The van der Waals surface area contributed by atoms with Crippen LogP contribution in [0.15, 0.2) is 33.9 Å². The van der Waals surface area contributed by atoms with Gasteiger partial charge in [0.05, 0.1) is 5.56 Å². The van der Waals surface area contributed by atoms with E-state index in [1.165, 1.54) is 29.6 Å². The number of thiophene rings is 1. The van der Waals surface area contributed by atoms with Crippen molar-refractivity contribution in [2.75, 3.05) is 5.32 Å². The van der Waals surface area contributed by atoms with Gasteiger partial charge in [-0.15, -0.1) is 23.7 Å². The van der Waals surface area contributed by atoms with Crippen LogP contribution in [0.2, 0.25) is 0 Å². The van der Waals surface area contributed by atoms with Crippen molar-refractivity contribution in [3.63, 3.8) is 0 Å². The van der Waals surface area contributed by atoms with Gasteiger partial charge in [0.2, 0.25) is 0 Å². The molecular formula is C12H11ClFNO4S2. The number of anilines is 1. The lowest BCUT2D eigenvalue weighted by Gasteiger charge is -2.06. The van der Waals surface area contributed by atoms with Crippen LogP contribution in [0.1, 0.15) is 15.9 Å². The molecule has 21 heavy (non-hydrogen) atoms. The second kappa shape index (κ2) is 6.52. The Morgan fingerprint density at radius 3 is 2.57 bits per heavy atom. The number of amides is 1.